The van der Waals surface area contributed by atoms with E-state index in [4.69, 9.17) is 0 Å². The van der Waals surface area contributed by atoms with Crippen molar-refractivity contribution in [2.45, 2.75) is 32.7 Å². The van der Waals surface area contributed by atoms with Crippen LogP contribution in [-0.2, 0) is 0 Å². The zero-order valence-corrected chi connectivity index (χ0v) is 11.6. The Morgan fingerprint density at radius 3 is 2.74 bits per heavy atom. The number of carbonyl (C=O) groups is 1. The van der Waals surface area contributed by atoms with Crippen LogP contribution >= 0.6 is 0 Å². The highest BCUT2D eigenvalue weighted by Gasteiger charge is 2.19. The molecule has 1 heterocycles. The lowest BCUT2D eigenvalue weighted by Gasteiger charge is -2.23. The van der Waals surface area contributed by atoms with Crippen molar-refractivity contribution in [2.24, 2.45) is 0 Å². The molecule has 1 aromatic rings. The number of likely N-dealkylation sites (tertiary alicyclic amines) is 1. The van der Waals surface area contributed by atoms with Crippen LogP contribution in [0.15, 0.2) is 18.2 Å². The van der Waals surface area contributed by atoms with Crippen molar-refractivity contribution in [3.63, 3.8) is 0 Å². The first-order chi connectivity index (χ1) is 9.08. The average Bonchev–Trinajstić information content (AvgIpc) is 2.89. The Kier molecular flexibility index (Phi) is 4.53. The SMILES string of the molecule is Cc1ccc(C(=O)NCC(C)N2CCCC2)c(F)c1. The van der Waals surface area contributed by atoms with Gasteiger partial charge in [-0.2, -0.15) is 0 Å². The topological polar surface area (TPSA) is 32.3 Å². The Balaban J connectivity index is 1.90. The zero-order chi connectivity index (χ0) is 13.8. The van der Waals surface area contributed by atoms with Crippen LogP contribution in [0.3, 0.4) is 0 Å². The van der Waals surface area contributed by atoms with Crippen molar-refractivity contribution in [1.29, 1.82) is 0 Å². The van der Waals surface area contributed by atoms with Gasteiger partial charge in [-0.25, -0.2) is 4.39 Å². The summed E-state index contributed by atoms with van der Waals surface area (Å²) in [6, 6.07) is 4.99. The highest BCUT2D eigenvalue weighted by atomic mass is 19.1. The van der Waals surface area contributed by atoms with Crippen LogP contribution in [0.1, 0.15) is 35.7 Å². The molecule has 1 atom stereocenters. The van der Waals surface area contributed by atoms with Crippen LogP contribution in [0.25, 0.3) is 0 Å². The molecule has 0 spiro atoms. The first-order valence-electron chi connectivity index (χ1n) is 6.86. The van der Waals surface area contributed by atoms with Gasteiger partial charge in [-0.1, -0.05) is 6.07 Å². The molecule has 1 aromatic carbocycles. The number of nitrogens with one attached hydrogen (secondary N) is 1. The second-order valence-corrected chi connectivity index (χ2v) is 5.29. The molecule has 1 aliphatic rings. The fourth-order valence-electron chi connectivity index (χ4n) is 2.45. The fraction of sp³-hybridized carbons (Fsp3) is 0.533. The summed E-state index contributed by atoms with van der Waals surface area (Å²) in [5.74, 6) is -0.783. The maximum Gasteiger partial charge on any atom is 0.254 e. The molecular formula is C15H21FN2O. The number of hydrogen-bond acceptors (Lipinski definition) is 2. The summed E-state index contributed by atoms with van der Waals surface area (Å²) in [5.41, 5.74) is 0.943. The van der Waals surface area contributed by atoms with Crippen LogP contribution in [0.4, 0.5) is 4.39 Å². The van der Waals surface area contributed by atoms with Crippen molar-refractivity contribution >= 4 is 5.91 Å². The van der Waals surface area contributed by atoms with E-state index in [2.05, 4.69) is 17.1 Å². The van der Waals surface area contributed by atoms with Gasteiger partial charge in [0.25, 0.3) is 5.91 Å². The Labute approximate surface area is 113 Å². The quantitative estimate of drug-likeness (QED) is 0.905. The Hall–Kier alpha value is -1.42. The summed E-state index contributed by atoms with van der Waals surface area (Å²) in [6.45, 7) is 6.65. The van der Waals surface area contributed by atoms with Gasteiger partial charge < -0.3 is 5.32 Å². The number of halogens is 1. The molecule has 1 amide bonds. The summed E-state index contributed by atoms with van der Waals surface area (Å²) in [6.07, 6.45) is 2.45. The number of amides is 1. The fourth-order valence-corrected chi connectivity index (χ4v) is 2.45. The second-order valence-electron chi connectivity index (χ2n) is 5.29. The van der Waals surface area contributed by atoms with Gasteiger partial charge in [0.05, 0.1) is 5.56 Å². The van der Waals surface area contributed by atoms with Crippen LogP contribution in [0.2, 0.25) is 0 Å². The van der Waals surface area contributed by atoms with E-state index in [9.17, 15) is 9.18 Å². The lowest BCUT2D eigenvalue weighted by atomic mass is 10.1. The predicted octanol–water partition coefficient (Wildman–Crippen LogP) is 2.35. The number of nitrogens with zero attached hydrogens (tertiary/aromatic N) is 1. The molecule has 3 nitrogen and oxygen atoms in total. The lowest BCUT2D eigenvalue weighted by molar-refractivity contribution is 0.0936. The third kappa shape index (κ3) is 3.53. The van der Waals surface area contributed by atoms with Gasteiger partial charge >= 0.3 is 0 Å². The number of hydrogen-bond donors (Lipinski definition) is 1. The molecule has 0 aliphatic carbocycles. The molecule has 0 saturated carbocycles. The minimum Gasteiger partial charge on any atom is -0.350 e. The normalized spacial score (nSPS) is 17.4. The van der Waals surface area contributed by atoms with Crippen molar-refractivity contribution in [3.05, 3.63) is 35.1 Å². The highest BCUT2D eigenvalue weighted by molar-refractivity contribution is 5.94. The Morgan fingerprint density at radius 2 is 2.11 bits per heavy atom. The maximum atomic E-state index is 13.7. The van der Waals surface area contributed by atoms with Gasteiger partial charge in [0.15, 0.2) is 0 Å². The number of aryl methyl sites for hydroxylation is 1. The smallest absolute Gasteiger partial charge is 0.254 e. The molecule has 19 heavy (non-hydrogen) atoms. The van der Waals surface area contributed by atoms with Crippen LogP contribution in [0.5, 0.6) is 0 Å². The van der Waals surface area contributed by atoms with Crippen LogP contribution in [-0.4, -0.2) is 36.5 Å². The van der Waals surface area contributed by atoms with E-state index in [-0.39, 0.29) is 11.5 Å². The molecule has 0 aromatic heterocycles. The summed E-state index contributed by atoms with van der Waals surface area (Å²) < 4.78 is 13.7. The van der Waals surface area contributed by atoms with Gasteiger partial charge in [-0.15, -0.1) is 0 Å². The lowest BCUT2D eigenvalue weighted by Crippen LogP contribution is -2.40. The number of carbonyl (C=O) groups excluding carboxylic acids is 1. The van der Waals surface area contributed by atoms with Crippen molar-refractivity contribution in [3.8, 4) is 0 Å². The van der Waals surface area contributed by atoms with E-state index < -0.39 is 5.82 Å². The van der Waals surface area contributed by atoms with Crippen molar-refractivity contribution in [2.75, 3.05) is 19.6 Å². The number of rotatable bonds is 4. The van der Waals surface area contributed by atoms with E-state index in [1.54, 1.807) is 19.1 Å². The third-order valence-corrected chi connectivity index (χ3v) is 3.69. The van der Waals surface area contributed by atoms with Crippen LogP contribution < -0.4 is 5.32 Å². The molecule has 1 unspecified atom stereocenters. The molecule has 1 N–H and O–H groups in total. The highest BCUT2D eigenvalue weighted by Crippen LogP contribution is 2.12. The summed E-state index contributed by atoms with van der Waals surface area (Å²) in [5, 5.41) is 2.82. The molecule has 0 bridgehead atoms. The average molecular weight is 264 g/mol. The molecule has 1 fully saturated rings. The van der Waals surface area contributed by atoms with Gasteiger partial charge in [0, 0.05) is 12.6 Å². The van der Waals surface area contributed by atoms with E-state index in [1.165, 1.54) is 18.9 Å². The third-order valence-electron chi connectivity index (χ3n) is 3.69. The minimum atomic E-state index is -0.452. The monoisotopic (exact) mass is 264 g/mol. The first-order valence-corrected chi connectivity index (χ1v) is 6.86. The van der Waals surface area contributed by atoms with Gasteiger partial charge in [0.1, 0.15) is 5.82 Å². The Morgan fingerprint density at radius 1 is 1.42 bits per heavy atom. The van der Waals surface area contributed by atoms with E-state index in [1.807, 2.05) is 0 Å². The standard InChI is InChI=1S/C15H21FN2O/c1-11-5-6-13(14(16)9-11)15(19)17-10-12(2)18-7-3-4-8-18/h5-6,9,12H,3-4,7-8,10H2,1-2H3,(H,17,19). The second kappa shape index (κ2) is 6.15. The maximum absolute atomic E-state index is 13.7. The molecular weight excluding hydrogens is 243 g/mol. The Bertz CT molecular complexity index is 455. The van der Waals surface area contributed by atoms with Crippen molar-refractivity contribution < 1.29 is 9.18 Å². The van der Waals surface area contributed by atoms with Gasteiger partial charge in [-0.3, -0.25) is 9.69 Å². The van der Waals surface area contributed by atoms with E-state index >= 15 is 0 Å². The molecule has 104 valence electrons. The van der Waals surface area contributed by atoms with Gasteiger partial charge in [0.2, 0.25) is 0 Å². The van der Waals surface area contributed by atoms with Crippen molar-refractivity contribution in [1.82, 2.24) is 10.2 Å². The molecule has 1 aliphatic heterocycles. The van der Waals surface area contributed by atoms with E-state index in [0.717, 1.165) is 18.7 Å². The molecule has 0 radical (unpaired) electrons. The zero-order valence-electron chi connectivity index (χ0n) is 11.6. The summed E-state index contributed by atoms with van der Waals surface area (Å²) >= 11 is 0. The van der Waals surface area contributed by atoms with Gasteiger partial charge in [-0.05, 0) is 57.5 Å². The number of benzene rings is 1. The first kappa shape index (κ1) is 14.0. The molecule has 2 rings (SSSR count). The predicted molar refractivity (Wildman–Crippen MR) is 73.7 cm³/mol. The van der Waals surface area contributed by atoms with E-state index in [0.29, 0.717) is 12.6 Å². The molecule has 1 saturated heterocycles. The summed E-state index contributed by atoms with van der Waals surface area (Å²) in [4.78, 5) is 14.3. The largest absolute Gasteiger partial charge is 0.350 e. The van der Waals surface area contributed by atoms with Crippen LogP contribution in [0, 0.1) is 12.7 Å². The minimum absolute atomic E-state index is 0.124. The molecule has 4 heteroatoms. The summed E-state index contributed by atoms with van der Waals surface area (Å²) in [7, 11) is 0.